The molecule has 1 N–H and O–H groups in total. The number of halogens is 9. The summed E-state index contributed by atoms with van der Waals surface area (Å²) in [5.74, 6) is -0.282. The first-order chi connectivity index (χ1) is 17.1. The molecule has 0 amide bonds. The first-order valence-electron chi connectivity index (χ1n) is 10.9. The molecule has 1 aliphatic heterocycles. The number of benzene rings is 2. The number of nitrogens with one attached hydrogen (secondary N) is 1. The van der Waals surface area contributed by atoms with Crippen molar-refractivity contribution in [3.8, 4) is 0 Å². The Kier molecular flexibility index (Phi) is 6.53. The molecule has 200 valence electrons. The molecule has 0 fully saturated rings. The zero-order valence-corrected chi connectivity index (χ0v) is 19.2. The van der Waals surface area contributed by atoms with Crippen LogP contribution in [0, 0.1) is 0 Å². The van der Waals surface area contributed by atoms with Gasteiger partial charge in [0.15, 0.2) is 0 Å². The minimum Gasteiger partial charge on any atom is -0.379 e. The van der Waals surface area contributed by atoms with E-state index in [1.54, 1.807) is 6.92 Å². The predicted octanol–water partition coefficient (Wildman–Crippen LogP) is 6.07. The molecule has 3 aromatic rings. The quantitative estimate of drug-likeness (QED) is 0.409. The molecule has 0 saturated heterocycles. The van der Waals surface area contributed by atoms with E-state index in [2.05, 4.69) is 20.7 Å². The Morgan fingerprint density at radius 3 is 1.97 bits per heavy atom. The number of anilines is 2. The number of aromatic nitrogens is 4. The molecule has 0 spiro atoms. The largest absolute Gasteiger partial charge is 0.416 e. The van der Waals surface area contributed by atoms with Gasteiger partial charge < -0.3 is 10.2 Å². The van der Waals surface area contributed by atoms with Gasteiger partial charge in [0.1, 0.15) is 6.04 Å². The molecule has 2 heterocycles. The van der Waals surface area contributed by atoms with E-state index in [4.69, 9.17) is 0 Å². The van der Waals surface area contributed by atoms with E-state index in [0.717, 1.165) is 16.9 Å². The molecular weight excluding hydrogens is 519 g/mol. The Balaban J connectivity index is 1.99. The Hall–Kier alpha value is -3.52. The molecule has 0 bridgehead atoms. The van der Waals surface area contributed by atoms with Gasteiger partial charge in [0.05, 0.1) is 35.1 Å². The van der Waals surface area contributed by atoms with E-state index in [1.165, 1.54) is 18.0 Å². The van der Waals surface area contributed by atoms with Crippen molar-refractivity contribution >= 4 is 11.4 Å². The molecule has 1 aliphatic rings. The van der Waals surface area contributed by atoms with E-state index in [1.807, 2.05) is 0 Å². The summed E-state index contributed by atoms with van der Waals surface area (Å²) < 4.78 is 122. The number of hydrogen-bond donors (Lipinski definition) is 1. The molecule has 2 aromatic carbocycles. The van der Waals surface area contributed by atoms with Crippen LogP contribution >= 0.6 is 0 Å². The number of fused-ring (bicyclic) bond motifs is 1. The number of hydrogen-bond acceptors (Lipinski definition) is 5. The smallest absolute Gasteiger partial charge is 0.379 e. The van der Waals surface area contributed by atoms with Crippen molar-refractivity contribution in [3.63, 3.8) is 0 Å². The van der Waals surface area contributed by atoms with E-state index in [9.17, 15) is 39.5 Å². The average molecular weight is 538 g/mol. The summed E-state index contributed by atoms with van der Waals surface area (Å²) >= 11 is 0. The summed E-state index contributed by atoms with van der Waals surface area (Å²) in [4.78, 5) is 2.23. The highest BCUT2D eigenvalue weighted by Crippen LogP contribution is 2.44. The van der Waals surface area contributed by atoms with Crippen LogP contribution in [0.3, 0.4) is 0 Å². The lowest BCUT2D eigenvalue weighted by molar-refractivity contribution is -0.143. The monoisotopic (exact) mass is 538 g/mol. The summed E-state index contributed by atoms with van der Waals surface area (Å²) in [5.41, 5.74) is -4.55. The predicted molar refractivity (Wildman–Crippen MR) is 114 cm³/mol. The molecule has 6 nitrogen and oxygen atoms in total. The molecule has 0 radical (unpaired) electrons. The second kappa shape index (κ2) is 9.10. The molecule has 15 heteroatoms. The Morgan fingerprint density at radius 1 is 0.892 bits per heavy atom. The normalized spacial score (nSPS) is 17.4. The lowest BCUT2D eigenvalue weighted by Crippen LogP contribution is -2.44. The fourth-order valence-electron chi connectivity index (χ4n) is 4.16. The Bertz CT molecular complexity index is 1250. The van der Waals surface area contributed by atoms with Gasteiger partial charge >= 0.3 is 18.5 Å². The zero-order chi connectivity index (χ0) is 27.3. The summed E-state index contributed by atoms with van der Waals surface area (Å²) in [6.07, 6.45) is -14.6. The molecule has 2 unspecified atom stereocenters. The molecular formula is C22H19F9N6. The minimum atomic E-state index is -5.13. The van der Waals surface area contributed by atoms with Crippen molar-refractivity contribution < 1.29 is 39.5 Å². The topological polar surface area (TPSA) is 58.9 Å². The maximum atomic E-state index is 13.6. The van der Waals surface area contributed by atoms with Crippen LogP contribution < -0.4 is 10.2 Å². The van der Waals surface area contributed by atoms with Crippen LogP contribution in [0.15, 0.2) is 36.4 Å². The van der Waals surface area contributed by atoms with Crippen LogP contribution in [0.5, 0.6) is 0 Å². The van der Waals surface area contributed by atoms with Crippen molar-refractivity contribution in [1.82, 2.24) is 20.2 Å². The van der Waals surface area contributed by atoms with E-state index >= 15 is 0 Å². The maximum absolute atomic E-state index is 13.6. The van der Waals surface area contributed by atoms with Crippen LogP contribution in [0.1, 0.15) is 47.5 Å². The van der Waals surface area contributed by atoms with Crippen LogP contribution in [-0.2, 0) is 25.6 Å². The first-order valence-corrected chi connectivity index (χ1v) is 10.9. The van der Waals surface area contributed by atoms with E-state index in [0.29, 0.717) is 18.6 Å². The van der Waals surface area contributed by atoms with Crippen molar-refractivity contribution in [2.45, 2.75) is 44.0 Å². The van der Waals surface area contributed by atoms with Gasteiger partial charge in [0.25, 0.3) is 0 Å². The SMILES string of the molecule is CCC1CN(C(c2cc(C(F)(F)F)cc(C(F)(F)F)c2)c2nnn(C)n2)c2cc(C(F)(F)F)ccc2N1. The summed E-state index contributed by atoms with van der Waals surface area (Å²) in [5, 5.41) is 14.5. The minimum absolute atomic E-state index is 0.0209. The highest BCUT2D eigenvalue weighted by molar-refractivity contribution is 5.75. The fraction of sp³-hybridized carbons (Fsp3) is 0.409. The van der Waals surface area contributed by atoms with Crippen LogP contribution in [-0.4, -0.2) is 32.8 Å². The molecule has 0 aliphatic carbocycles. The average Bonchev–Trinajstić information content (AvgIpc) is 3.22. The zero-order valence-electron chi connectivity index (χ0n) is 19.2. The van der Waals surface area contributed by atoms with Gasteiger partial charge in [-0.2, -0.15) is 44.3 Å². The number of alkyl halides is 9. The summed E-state index contributed by atoms with van der Waals surface area (Å²) in [7, 11) is 1.34. The van der Waals surface area contributed by atoms with Crippen LogP contribution in [0.2, 0.25) is 0 Å². The molecule has 37 heavy (non-hydrogen) atoms. The molecule has 0 saturated carbocycles. The standard InChI is InChI=1S/C22H19F9N6/c1-3-15-10-37(17-9-12(20(23,24)25)4-5-16(17)32-15)18(19-33-35-36(2)34-19)11-6-13(21(26,27)28)8-14(7-11)22(29,30)31/h4-9,15,18,32H,3,10H2,1-2H3. The van der Waals surface area contributed by atoms with Gasteiger partial charge in [-0.25, -0.2) is 0 Å². The maximum Gasteiger partial charge on any atom is 0.416 e. The number of nitrogens with zero attached hydrogens (tertiary/aromatic N) is 5. The molecule has 4 rings (SSSR count). The van der Waals surface area contributed by atoms with Crippen LogP contribution in [0.25, 0.3) is 0 Å². The van der Waals surface area contributed by atoms with E-state index in [-0.39, 0.29) is 29.8 Å². The Labute approximate surface area is 204 Å². The van der Waals surface area contributed by atoms with Gasteiger partial charge in [-0.1, -0.05) is 6.92 Å². The summed E-state index contributed by atoms with van der Waals surface area (Å²) in [6.45, 7) is 1.71. The van der Waals surface area contributed by atoms with Gasteiger partial charge in [-0.15, -0.1) is 10.2 Å². The first kappa shape index (κ1) is 26.5. The number of tetrazole rings is 1. The molecule has 1 aromatic heterocycles. The van der Waals surface area contributed by atoms with Crippen molar-refractivity contribution in [1.29, 1.82) is 0 Å². The lowest BCUT2D eigenvalue weighted by Gasteiger charge is -2.41. The second-order valence-electron chi connectivity index (χ2n) is 8.51. The van der Waals surface area contributed by atoms with Crippen molar-refractivity contribution in [3.05, 3.63) is 64.5 Å². The number of rotatable bonds is 4. The Morgan fingerprint density at radius 2 is 1.49 bits per heavy atom. The van der Waals surface area contributed by atoms with Gasteiger partial charge in [-0.3, -0.25) is 0 Å². The van der Waals surface area contributed by atoms with Gasteiger partial charge in [0.2, 0.25) is 5.82 Å². The van der Waals surface area contributed by atoms with Crippen molar-refractivity contribution in [2.75, 3.05) is 16.8 Å². The van der Waals surface area contributed by atoms with Gasteiger partial charge in [-0.05, 0) is 53.6 Å². The number of aryl methyl sites for hydroxylation is 1. The summed E-state index contributed by atoms with van der Waals surface area (Å²) in [6, 6.07) is 1.90. The van der Waals surface area contributed by atoms with E-state index < -0.39 is 52.9 Å². The molecule has 2 atom stereocenters. The fourth-order valence-corrected chi connectivity index (χ4v) is 4.16. The van der Waals surface area contributed by atoms with Gasteiger partial charge in [0, 0.05) is 12.6 Å². The highest BCUT2D eigenvalue weighted by Gasteiger charge is 2.41. The lowest BCUT2D eigenvalue weighted by atomic mass is 9.95. The third-order valence-electron chi connectivity index (χ3n) is 5.91. The van der Waals surface area contributed by atoms with Crippen molar-refractivity contribution in [2.24, 2.45) is 7.05 Å². The third-order valence-corrected chi connectivity index (χ3v) is 5.91. The second-order valence-corrected chi connectivity index (χ2v) is 8.51. The highest BCUT2D eigenvalue weighted by atomic mass is 19.4. The third kappa shape index (κ3) is 5.44. The van der Waals surface area contributed by atoms with Crippen LogP contribution in [0.4, 0.5) is 50.9 Å².